The fourth-order valence-electron chi connectivity index (χ4n) is 2.47. The Morgan fingerprint density at radius 3 is 2.80 bits per heavy atom. The number of hydrogen-bond donors (Lipinski definition) is 2. The van der Waals surface area contributed by atoms with E-state index in [4.69, 9.17) is 0 Å². The minimum absolute atomic E-state index is 0.0825. The van der Waals surface area contributed by atoms with Crippen LogP contribution in [0, 0.1) is 19.7 Å². The van der Waals surface area contributed by atoms with Crippen molar-refractivity contribution in [3.05, 3.63) is 62.8 Å². The zero-order valence-electron chi connectivity index (χ0n) is 13.8. The number of anilines is 1. The Morgan fingerprint density at radius 2 is 2.12 bits per heavy atom. The number of nitrogens with one attached hydrogen (secondary N) is 2. The van der Waals surface area contributed by atoms with E-state index in [2.05, 4.69) is 15.4 Å². The second kappa shape index (κ2) is 7.02. The number of H-pyrrole nitrogens is 1. The van der Waals surface area contributed by atoms with Crippen LogP contribution in [-0.2, 0) is 11.2 Å². The topological polar surface area (TPSA) is 79.8 Å². The van der Waals surface area contributed by atoms with E-state index in [0.717, 1.165) is 5.69 Å². The van der Waals surface area contributed by atoms with E-state index in [0.29, 0.717) is 16.4 Å². The Kier molecular flexibility index (Phi) is 4.80. The lowest BCUT2D eigenvalue weighted by molar-refractivity contribution is -0.116. The second-order valence-corrected chi connectivity index (χ2v) is 6.49. The number of aromatic nitrogens is 3. The third-order valence-electron chi connectivity index (χ3n) is 3.74. The van der Waals surface area contributed by atoms with Crippen LogP contribution in [0.3, 0.4) is 0 Å². The van der Waals surface area contributed by atoms with Crippen LogP contribution in [0.25, 0.3) is 5.13 Å². The molecule has 6 nitrogen and oxygen atoms in total. The van der Waals surface area contributed by atoms with E-state index in [-0.39, 0.29) is 30.0 Å². The Labute approximate surface area is 147 Å². The molecule has 0 aliphatic carbocycles. The number of benzene rings is 1. The van der Waals surface area contributed by atoms with Crippen molar-refractivity contribution < 1.29 is 9.18 Å². The lowest BCUT2D eigenvalue weighted by atomic mass is 10.1. The molecule has 0 bridgehead atoms. The average molecular weight is 360 g/mol. The highest BCUT2D eigenvalue weighted by Gasteiger charge is 2.16. The molecule has 0 aliphatic rings. The molecule has 0 fully saturated rings. The first-order chi connectivity index (χ1) is 12.0. The van der Waals surface area contributed by atoms with Gasteiger partial charge in [-0.25, -0.2) is 9.37 Å². The van der Waals surface area contributed by atoms with E-state index in [9.17, 15) is 14.0 Å². The molecular weight excluding hydrogens is 343 g/mol. The van der Waals surface area contributed by atoms with Crippen LogP contribution in [0.2, 0.25) is 0 Å². The molecular formula is C17H17FN4O2S. The van der Waals surface area contributed by atoms with Crippen molar-refractivity contribution in [1.82, 2.24) is 14.8 Å². The molecule has 0 spiro atoms. The van der Waals surface area contributed by atoms with Gasteiger partial charge in [0.2, 0.25) is 11.0 Å². The molecule has 1 aromatic carbocycles. The number of carbonyl (C=O) groups is 1. The van der Waals surface area contributed by atoms with Gasteiger partial charge in [0.15, 0.2) is 0 Å². The van der Waals surface area contributed by atoms with Gasteiger partial charge in [-0.3, -0.25) is 14.7 Å². The van der Waals surface area contributed by atoms with Gasteiger partial charge in [0.05, 0.1) is 11.4 Å². The van der Waals surface area contributed by atoms with Crippen LogP contribution in [0.4, 0.5) is 10.1 Å². The summed E-state index contributed by atoms with van der Waals surface area (Å²) in [5, 5.41) is 7.93. The van der Waals surface area contributed by atoms with Gasteiger partial charge in [-0.15, -0.1) is 11.3 Å². The first kappa shape index (κ1) is 17.1. The Hall–Kier alpha value is -2.74. The first-order valence-electron chi connectivity index (χ1n) is 7.73. The molecule has 1 amide bonds. The van der Waals surface area contributed by atoms with Gasteiger partial charge < -0.3 is 5.32 Å². The second-order valence-electron chi connectivity index (χ2n) is 5.66. The van der Waals surface area contributed by atoms with E-state index < -0.39 is 5.82 Å². The maximum Gasteiger partial charge on any atom is 0.276 e. The maximum absolute atomic E-state index is 13.6. The average Bonchev–Trinajstić information content (AvgIpc) is 3.11. The number of thiazole rings is 1. The fraction of sp³-hybridized carbons (Fsp3) is 0.235. The van der Waals surface area contributed by atoms with E-state index in [1.807, 2.05) is 12.3 Å². The number of hydrogen-bond acceptors (Lipinski definition) is 4. The highest BCUT2D eigenvalue weighted by Crippen LogP contribution is 2.15. The number of aromatic amines is 1. The van der Waals surface area contributed by atoms with Gasteiger partial charge >= 0.3 is 0 Å². The minimum atomic E-state index is -0.491. The predicted octanol–water partition coefficient (Wildman–Crippen LogP) is 2.95. The summed E-state index contributed by atoms with van der Waals surface area (Å²) in [6.07, 6.45) is 0.345. The predicted molar refractivity (Wildman–Crippen MR) is 94.9 cm³/mol. The number of aryl methyl sites for hydroxylation is 2. The highest BCUT2D eigenvalue weighted by atomic mass is 32.1. The summed E-state index contributed by atoms with van der Waals surface area (Å²) >= 11 is 1.37. The molecule has 8 heteroatoms. The van der Waals surface area contributed by atoms with Gasteiger partial charge in [0.1, 0.15) is 5.82 Å². The molecule has 3 rings (SSSR count). The van der Waals surface area contributed by atoms with Crippen molar-refractivity contribution in [1.29, 1.82) is 0 Å². The third-order valence-corrected chi connectivity index (χ3v) is 4.69. The lowest BCUT2D eigenvalue weighted by Crippen LogP contribution is -2.19. The SMILES string of the molecule is Cc1csc(-n2[nH]c(C)c(CCC(=O)Nc3ccccc3F)c2=O)n1. The van der Waals surface area contributed by atoms with Gasteiger partial charge in [0.25, 0.3) is 5.56 Å². The van der Waals surface area contributed by atoms with Crippen molar-refractivity contribution in [2.75, 3.05) is 5.32 Å². The number of rotatable bonds is 5. The van der Waals surface area contributed by atoms with Crippen molar-refractivity contribution in [2.45, 2.75) is 26.7 Å². The zero-order valence-corrected chi connectivity index (χ0v) is 14.6. The van der Waals surface area contributed by atoms with Gasteiger partial charge in [-0.05, 0) is 32.4 Å². The number of nitrogens with zero attached hydrogens (tertiary/aromatic N) is 2. The van der Waals surface area contributed by atoms with E-state index in [1.165, 1.54) is 28.2 Å². The molecule has 0 atom stereocenters. The normalized spacial score (nSPS) is 10.8. The summed E-state index contributed by atoms with van der Waals surface area (Å²) in [7, 11) is 0. The first-order valence-corrected chi connectivity index (χ1v) is 8.61. The summed E-state index contributed by atoms with van der Waals surface area (Å²) in [6.45, 7) is 3.64. The summed E-state index contributed by atoms with van der Waals surface area (Å²) in [6, 6.07) is 5.97. The van der Waals surface area contributed by atoms with Crippen molar-refractivity contribution in [3.8, 4) is 5.13 Å². The molecule has 0 radical (unpaired) electrons. The monoisotopic (exact) mass is 360 g/mol. The number of para-hydroxylation sites is 1. The van der Waals surface area contributed by atoms with Crippen molar-refractivity contribution in [3.63, 3.8) is 0 Å². The maximum atomic E-state index is 13.6. The summed E-state index contributed by atoms with van der Waals surface area (Å²) in [5.74, 6) is -0.836. The Bertz CT molecular complexity index is 973. The molecule has 2 aromatic heterocycles. The summed E-state index contributed by atoms with van der Waals surface area (Å²) < 4.78 is 14.9. The van der Waals surface area contributed by atoms with Crippen molar-refractivity contribution in [2.24, 2.45) is 0 Å². The Balaban J connectivity index is 1.71. The molecule has 0 aliphatic heterocycles. The van der Waals surface area contributed by atoms with Crippen LogP contribution in [0.15, 0.2) is 34.4 Å². The molecule has 0 saturated heterocycles. The van der Waals surface area contributed by atoms with Crippen LogP contribution >= 0.6 is 11.3 Å². The third kappa shape index (κ3) is 3.69. The van der Waals surface area contributed by atoms with Crippen LogP contribution in [-0.4, -0.2) is 20.7 Å². The molecule has 130 valence electrons. The molecule has 0 unspecified atom stereocenters. The van der Waals surface area contributed by atoms with Crippen LogP contribution < -0.4 is 10.9 Å². The molecule has 25 heavy (non-hydrogen) atoms. The van der Waals surface area contributed by atoms with Gasteiger partial charge in [-0.2, -0.15) is 4.68 Å². The van der Waals surface area contributed by atoms with Gasteiger partial charge in [0, 0.05) is 23.1 Å². The van der Waals surface area contributed by atoms with E-state index >= 15 is 0 Å². The lowest BCUT2D eigenvalue weighted by Gasteiger charge is -2.05. The van der Waals surface area contributed by atoms with Crippen LogP contribution in [0.5, 0.6) is 0 Å². The van der Waals surface area contributed by atoms with Crippen LogP contribution in [0.1, 0.15) is 23.4 Å². The summed E-state index contributed by atoms with van der Waals surface area (Å²) in [4.78, 5) is 28.9. The fourth-order valence-corrected chi connectivity index (χ4v) is 3.23. The number of carbonyl (C=O) groups excluding carboxylic acids is 1. The highest BCUT2D eigenvalue weighted by molar-refractivity contribution is 7.12. The molecule has 0 saturated carbocycles. The van der Waals surface area contributed by atoms with E-state index in [1.54, 1.807) is 19.1 Å². The number of amides is 1. The quantitative estimate of drug-likeness (QED) is 0.734. The smallest absolute Gasteiger partial charge is 0.276 e. The van der Waals surface area contributed by atoms with Crippen molar-refractivity contribution >= 4 is 22.9 Å². The molecule has 2 heterocycles. The summed E-state index contributed by atoms with van der Waals surface area (Å²) in [5.41, 5.74) is 1.97. The zero-order chi connectivity index (χ0) is 18.0. The largest absolute Gasteiger partial charge is 0.324 e. The van der Waals surface area contributed by atoms with Gasteiger partial charge in [-0.1, -0.05) is 12.1 Å². The molecule has 3 aromatic rings. The Morgan fingerprint density at radius 1 is 1.36 bits per heavy atom. The minimum Gasteiger partial charge on any atom is -0.324 e. The standard InChI is InChI=1S/C17H17FN4O2S/c1-10-9-25-17(19-10)22-16(24)12(11(2)21-22)7-8-15(23)20-14-6-4-3-5-13(14)18/h3-6,9,21H,7-8H2,1-2H3,(H,20,23). The molecule has 2 N–H and O–H groups in total. The number of halogens is 1.